The van der Waals surface area contributed by atoms with Crippen LogP contribution in [0.1, 0.15) is 11.1 Å². The zero-order valence-electron chi connectivity index (χ0n) is 8.33. The molecule has 1 aromatic carbocycles. The summed E-state index contributed by atoms with van der Waals surface area (Å²) in [6.45, 7) is 0. The molecular weight excluding hydrogens is 325 g/mol. The Morgan fingerprint density at radius 2 is 1.05 bits per heavy atom. The second kappa shape index (κ2) is 4.14. The van der Waals surface area contributed by atoms with Crippen molar-refractivity contribution in [2.45, 2.75) is 12.4 Å². The molecule has 11 heteroatoms. The van der Waals surface area contributed by atoms with Crippen LogP contribution in [0.15, 0.2) is 4.63 Å². The largest absolute Gasteiger partial charge is 0.418 e. The first-order chi connectivity index (χ1) is 8.55. The van der Waals surface area contributed by atoms with E-state index >= 15 is 0 Å². The Hall–Kier alpha value is -1.22. The quantitative estimate of drug-likeness (QED) is 0.666. The standard InChI is InChI=1S/C8Cl2F6N2O/c9-3-1(7(11,12)13)2(8(14,15)16)4(10)6-5(3)17-19-18-6. The van der Waals surface area contributed by atoms with Gasteiger partial charge in [0, 0.05) is 0 Å². The molecule has 0 fully saturated rings. The lowest BCUT2D eigenvalue weighted by Crippen LogP contribution is -2.18. The van der Waals surface area contributed by atoms with Crippen LogP contribution in [0.4, 0.5) is 26.3 Å². The van der Waals surface area contributed by atoms with Gasteiger partial charge in [0.05, 0.1) is 21.2 Å². The normalized spacial score (nSPS) is 13.3. The summed E-state index contributed by atoms with van der Waals surface area (Å²) in [4.78, 5) is 0. The molecule has 2 rings (SSSR count). The molecule has 0 bridgehead atoms. The Balaban J connectivity index is 3.02. The van der Waals surface area contributed by atoms with Crippen molar-refractivity contribution in [2.24, 2.45) is 0 Å². The first-order valence-electron chi connectivity index (χ1n) is 4.32. The Morgan fingerprint density at radius 3 is 1.32 bits per heavy atom. The van der Waals surface area contributed by atoms with Gasteiger partial charge in [-0.1, -0.05) is 23.2 Å². The van der Waals surface area contributed by atoms with E-state index < -0.39 is 44.6 Å². The molecule has 0 aliphatic rings. The minimum atomic E-state index is -5.36. The maximum Gasteiger partial charge on any atom is 0.418 e. The number of hydrogen-bond donors (Lipinski definition) is 0. The maximum absolute atomic E-state index is 12.7. The average molecular weight is 325 g/mol. The van der Waals surface area contributed by atoms with Crippen molar-refractivity contribution in [1.82, 2.24) is 10.3 Å². The molecule has 0 aliphatic carbocycles. The van der Waals surface area contributed by atoms with Crippen LogP contribution >= 0.6 is 23.2 Å². The number of alkyl halides is 6. The second-order valence-corrected chi connectivity index (χ2v) is 4.09. The molecule has 0 radical (unpaired) electrons. The van der Waals surface area contributed by atoms with Crippen molar-refractivity contribution in [3.63, 3.8) is 0 Å². The molecule has 104 valence electrons. The van der Waals surface area contributed by atoms with Crippen LogP contribution in [-0.4, -0.2) is 10.3 Å². The summed E-state index contributed by atoms with van der Waals surface area (Å²) in [5, 5.41) is 3.49. The molecule has 0 unspecified atom stereocenters. The molecule has 2 aromatic rings. The summed E-state index contributed by atoms with van der Waals surface area (Å²) < 4.78 is 80.4. The number of hydrogen-bond acceptors (Lipinski definition) is 3. The molecule has 1 heterocycles. The monoisotopic (exact) mass is 324 g/mol. The van der Waals surface area contributed by atoms with Gasteiger partial charge in [0.2, 0.25) is 0 Å². The summed E-state index contributed by atoms with van der Waals surface area (Å²) in [6.07, 6.45) is -10.7. The summed E-state index contributed by atoms with van der Waals surface area (Å²) in [6, 6.07) is 0. The van der Waals surface area contributed by atoms with E-state index in [9.17, 15) is 26.3 Å². The fourth-order valence-corrected chi connectivity index (χ4v) is 2.12. The molecule has 0 N–H and O–H groups in total. The third kappa shape index (κ3) is 2.20. The van der Waals surface area contributed by atoms with Crippen molar-refractivity contribution >= 4 is 34.2 Å². The van der Waals surface area contributed by atoms with Crippen LogP contribution < -0.4 is 0 Å². The van der Waals surface area contributed by atoms with Crippen LogP contribution in [0.3, 0.4) is 0 Å². The first-order valence-corrected chi connectivity index (χ1v) is 5.08. The number of halogens is 8. The van der Waals surface area contributed by atoms with Gasteiger partial charge in [-0.3, -0.25) is 0 Å². The van der Waals surface area contributed by atoms with Gasteiger partial charge in [-0.05, 0) is 10.3 Å². The minimum absolute atomic E-state index is 0.688. The van der Waals surface area contributed by atoms with E-state index in [1.54, 1.807) is 0 Å². The van der Waals surface area contributed by atoms with Gasteiger partial charge >= 0.3 is 12.4 Å². The van der Waals surface area contributed by atoms with Crippen molar-refractivity contribution in [3.05, 3.63) is 21.2 Å². The molecule has 0 saturated heterocycles. The number of fused-ring (bicyclic) bond motifs is 1. The van der Waals surface area contributed by atoms with Gasteiger partial charge in [-0.25, -0.2) is 4.63 Å². The fraction of sp³-hybridized carbons (Fsp3) is 0.250. The topological polar surface area (TPSA) is 38.9 Å². The van der Waals surface area contributed by atoms with E-state index in [1.165, 1.54) is 0 Å². The van der Waals surface area contributed by atoms with Crippen LogP contribution in [-0.2, 0) is 12.4 Å². The molecule has 0 atom stereocenters. The van der Waals surface area contributed by atoms with E-state index in [2.05, 4.69) is 14.9 Å². The van der Waals surface area contributed by atoms with Gasteiger partial charge in [0.1, 0.15) is 0 Å². The molecule has 0 aliphatic heterocycles. The smallest absolute Gasteiger partial charge is 0.243 e. The molecule has 0 spiro atoms. The molecule has 0 saturated carbocycles. The van der Waals surface area contributed by atoms with Crippen molar-refractivity contribution in [2.75, 3.05) is 0 Å². The molecule has 19 heavy (non-hydrogen) atoms. The van der Waals surface area contributed by atoms with Crippen LogP contribution in [0.5, 0.6) is 0 Å². The predicted octanol–water partition coefficient (Wildman–Crippen LogP) is 4.57. The van der Waals surface area contributed by atoms with E-state index in [-0.39, 0.29) is 0 Å². The Morgan fingerprint density at radius 1 is 0.737 bits per heavy atom. The lowest BCUT2D eigenvalue weighted by atomic mass is 10.0. The van der Waals surface area contributed by atoms with Crippen LogP contribution in [0, 0.1) is 0 Å². The molecule has 0 amide bonds. The Bertz CT molecular complexity index is 593. The first kappa shape index (κ1) is 14.2. The number of aromatic nitrogens is 2. The lowest BCUT2D eigenvalue weighted by Gasteiger charge is -2.17. The van der Waals surface area contributed by atoms with Crippen molar-refractivity contribution < 1.29 is 31.0 Å². The number of benzene rings is 1. The second-order valence-electron chi connectivity index (χ2n) is 3.33. The molecule has 1 aromatic heterocycles. The molecule has 3 nitrogen and oxygen atoms in total. The van der Waals surface area contributed by atoms with Crippen molar-refractivity contribution in [1.29, 1.82) is 0 Å². The summed E-state index contributed by atoms with van der Waals surface area (Å²) in [5.41, 5.74) is -5.61. The third-order valence-corrected chi connectivity index (χ3v) is 2.90. The van der Waals surface area contributed by atoms with Gasteiger partial charge in [-0.15, -0.1) is 0 Å². The average Bonchev–Trinajstić information content (AvgIpc) is 2.68. The van der Waals surface area contributed by atoms with E-state index in [0.29, 0.717) is 0 Å². The summed E-state index contributed by atoms with van der Waals surface area (Å²) in [5.74, 6) is 0. The Kier molecular flexibility index (Phi) is 3.09. The molecular formula is C8Cl2F6N2O. The number of nitrogens with zero attached hydrogens (tertiary/aromatic N) is 2. The summed E-state index contributed by atoms with van der Waals surface area (Å²) >= 11 is 10.6. The van der Waals surface area contributed by atoms with E-state index in [1.807, 2.05) is 0 Å². The third-order valence-electron chi connectivity index (χ3n) is 2.16. The van der Waals surface area contributed by atoms with Gasteiger partial charge in [0.15, 0.2) is 11.0 Å². The van der Waals surface area contributed by atoms with Crippen molar-refractivity contribution in [3.8, 4) is 0 Å². The maximum atomic E-state index is 12.7. The summed E-state index contributed by atoms with van der Waals surface area (Å²) in [7, 11) is 0. The van der Waals surface area contributed by atoms with Crippen LogP contribution in [0.25, 0.3) is 11.0 Å². The highest BCUT2D eigenvalue weighted by Gasteiger charge is 2.48. The highest BCUT2D eigenvalue weighted by molar-refractivity contribution is 6.40. The zero-order valence-corrected chi connectivity index (χ0v) is 9.84. The van der Waals surface area contributed by atoms with Gasteiger partial charge in [0.25, 0.3) is 0 Å². The highest BCUT2D eigenvalue weighted by Crippen LogP contribution is 2.49. The minimum Gasteiger partial charge on any atom is -0.243 e. The highest BCUT2D eigenvalue weighted by atomic mass is 35.5. The van der Waals surface area contributed by atoms with Gasteiger partial charge < -0.3 is 0 Å². The SMILES string of the molecule is FC(F)(F)c1c(C(F)(F)F)c(Cl)c2nonc2c1Cl. The fourth-order valence-electron chi connectivity index (χ4n) is 1.47. The zero-order chi connectivity index (χ0) is 14.6. The number of rotatable bonds is 0. The Labute approximate surface area is 110 Å². The van der Waals surface area contributed by atoms with E-state index in [4.69, 9.17) is 23.2 Å². The van der Waals surface area contributed by atoms with E-state index in [0.717, 1.165) is 0 Å². The predicted molar refractivity (Wildman–Crippen MR) is 51.8 cm³/mol. The van der Waals surface area contributed by atoms with Gasteiger partial charge in [-0.2, -0.15) is 26.3 Å². The van der Waals surface area contributed by atoms with Crippen LogP contribution in [0.2, 0.25) is 10.0 Å². The lowest BCUT2D eigenvalue weighted by molar-refractivity contribution is -0.161.